The van der Waals surface area contributed by atoms with Gasteiger partial charge in [-0.3, -0.25) is 9.69 Å². The largest absolute Gasteiger partial charge is 0.395 e. The molecule has 1 N–H and O–H groups in total. The van der Waals surface area contributed by atoms with Gasteiger partial charge in [0.15, 0.2) is 0 Å². The lowest BCUT2D eigenvalue weighted by atomic mass is 9.93. The lowest BCUT2D eigenvalue weighted by molar-refractivity contribution is -0.133. The molecule has 21 heavy (non-hydrogen) atoms. The molecular formula is C17H26N2O2. The van der Waals surface area contributed by atoms with E-state index in [-0.39, 0.29) is 18.4 Å². The third kappa shape index (κ3) is 4.29. The first-order valence-electron chi connectivity index (χ1n) is 7.78. The Morgan fingerprint density at radius 1 is 1.24 bits per heavy atom. The third-order valence-electron chi connectivity index (χ3n) is 4.34. The van der Waals surface area contributed by atoms with Gasteiger partial charge in [-0.05, 0) is 24.0 Å². The van der Waals surface area contributed by atoms with E-state index in [0.717, 1.165) is 26.2 Å². The number of carbonyl (C=O) groups excluding carboxylic acids is 1. The van der Waals surface area contributed by atoms with Crippen molar-refractivity contribution in [1.29, 1.82) is 0 Å². The smallest absolute Gasteiger partial charge is 0.223 e. The molecule has 0 spiro atoms. The number of amides is 1. The van der Waals surface area contributed by atoms with Gasteiger partial charge in [-0.15, -0.1) is 0 Å². The van der Waals surface area contributed by atoms with Gasteiger partial charge in [-0.1, -0.05) is 31.2 Å². The molecule has 1 heterocycles. The second-order valence-electron chi connectivity index (χ2n) is 5.91. The average molecular weight is 290 g/mol. The van der Waals surface area contributed by atoms with Crippen LogP contribution in [-0.2, 0) is 4.79 Å². The summed E-state index contributed by atoms with van der Waals surface area (Å²) >= 11 is 0. The standard InChI is InChI=1S/C17H26N2O2/c1-14-5-3-4-6-16(14)15(2)13-17(21)19-9-7-18(8-10-19)11-12-20/h3-6,15,20H,7-13H2,1-2H3. The molecule has 1 fully saturated rings. The number of β-amino-alcohol motifs (C(OH)–C–C–N with tert-alkyl or cyclic N) is 1. The first-order valence-corrected chi connectivity index (χ1v) is 7.78. The molecule has 0 saturated carbocycles. The molecule has 1 aromatic carbocycles. The molecular weight excluding hydrogens is 264 g/mol. The molecule has 1 unspecified atom stereocenters. The van der Waals surface area contributed by atoms with Crippen LogP contribution in [0, 0.1) is 6.92 Å². The number of carbonyl (C=O) groups is 1. The highest BCUT2D eigenvalue weighted by atomic mass is 16.3. The third-order valence-corrected chi connectivity index (χ3v) is 4.34. The van der Waals surface area contributed by atoms with Crippen molar-refractivity contribution in [3.8, 4) is 0 Å². The minimum absolute atomic E-state index is 0.193. The second-order valence-corrected chi connectivity index (χ2v) is 5.91. The number of benzene rings is 1. The van der Waals surface area contributed by atoms with E-state index in [1.54, 1.807) is 0 Å². The van der Waals surface area contributed by atoms with Crippen LogP contribution in [-0.4, -0.2) is 60.1 Å². The fraction of sp³-hybridized carbons (Fsp3) is 0.588. The molecule has 1 aliphatic heterocycles. The van der Waals surface area contributed by atoms with E-state index in [1.807, 2.05) is 17.0 Å². The Hall–Kier alpha value is -1.39. The molecule has 116 valence electrons. The molecule has 2 rings (SSSR count). The summed E-state index contributed by atoms with van der Waals surface area (Å²) in [6.07, 6.45) is 0.574. The number of nitrogens with zero attached hydrogens (tertiary/aromatic N) is 2. The van der Waals surface area contributed by atoms with Crippen LogP contribution in [0.25, 0.3) is 0 Å². The summed E-state index contributed by atoms with van der Waals surface area (Å²) in [6.45, 7) is 8.42. The number of aryl methyl sites for hydroxylation is 1. The van der Waals surface area contributed by atoms with Crippen molar-refractivity contribution < 1.29 is 9.90 Å². The van der Waals surface area contributed by atoms with Crippen molar-refractivity contribution >= 4 is 5.91 Å². The van der Waals surface area contributed by atoms with E-state index in [1.165, 1.54) is 11.1 Å². The van der Waals surface area contributed by atoms with Crippen molar-refractivity contribution in [2.24, 2.45) is 0 Å². The molecule has 0 aliphatic carbocycles. The molecule has 1 aliphatic rings. The van der Waals surface area contributed by atoms with E-state index >= 15 is 0 Å². The predicted octanol–water partition coefficient (Wildman–Crippen LogP) is 1.63. The Balaban J connectivity index is 1.86. The van der Waals surface area contributed by atoms with E-state index < -0.39 is 0 Å². The minimum Gasteiger partial charge on any atom is -0.395 e. The first kappa shape index (κ1) is 16.0. The number of hydrogen-bond acceptors (Lipinski definition) is 3. The Morgan fingerprint density at radius 3 is 2.52 bits per heavy atom. The van der Waals surface area contributed by atoms with Gasteiger partial charge in [-0.2, -0.15) is 0 Å². The monoisotopic (exact) mass is 290 g/mol. The summed E-state index contributed by atoms with van der Waals surface area (Å²) in [5, 5.41) is 8.94. The van der Waals surface area contributed by atoms with Crippen LogP contribution < -0.4 is 0 Å². The number of piperazine rings is 1. The highest BCUT2D eigenvalue weighted by Gasteiger charge is 2.22. The molecule has 1 aromatic rings. The van der Waals surface area contributed by atoms with Crippen molar-refractivity contribution in [2.75, 3.05) is 39.3 Å². The molecule has 1 saturated heterocycles. The van der Waals surface area contributed by atoms with Gasteiger partial charge in [0.1, 0.15) is 0 Å². The second kappa shape index (κ2) is 7.57. The van der Waals surface area contributed by atoms with Crippen LogP contribution in [0.1, 0.15) is 30.4 Å². The Morgan fingerprint density at radius 2 is 1.90 bits per heavy atom. The van der Waals surface area contributed by atoms with Crippen LogP contribution in [0.5, 0.6) is 0 Å². The van der Waals surface area contributed by atoms with Crippen LogP contribution in [0.15, 0.2) is 24.3 Å². The fourth-order valence-corrected chi connectivity index (χ4v) is 3.00. The van der Waals surface area contributed by atoms with Gasteiger partial charge in [0.2, 0.25) is 5.91 Å². The van der Waals surface area contributed by atoms with E-state index in [2.05, 4.69) is 30.9 Å². The van der Waals surface area contributed by atoms with Crippen molar-refractivity contribution in [2.45, 2.75) is 26.2 Å². The highest BCUT2D eigenvalue weighted by molar-refractivity contribution is 5.77. The van der Waals surface area contributed by atoms with Crippen molar-refractivity contribution in [3.05, 3.63) is 35.4 Å². The lowest BCUT2D eigenvalue weighted by Crippen LogP contribution is -2.49. The SMILES string of the molecule is Cc1ccccc1C(C)CC(=O)N1CCN(CCO)CC1. The normalized spacial score (nSPS) is 17.8. The van der Waals surface area contributed by atoms with Gasteiger partial charge in [0.05, 0.1) is 6.61 Å². The Bertz CT molecular complexity index is 468. The van der Waals surface area contributed by atoms with E-state index in [0.29, 0.717) is 13.0 Å². The highest BCUT2D eigenvalue weighted by Crippen LogP contribution is 2.23. The van der Waals surface area contributed by atoms with Gasteiger partial charge in [0, 0.05) is 39.1 Å². The zero-order valence-corrected chi connectivity index (χ0v) is 13.1. The van der Waals surface area contributed by atoms with Crippen LogP contribution in [0.4, 0.5) is 0 Å². The number of aliphatic hydroxyl groups excluding tert-OH is 1. The first-order chi connectivity index (χ1) is 10.1. The minimum atomic E-state index is 0.193. The average Bonchev–Trinajstić information content (AvgIpc) is 2.48. The summed E-state index contributed by atoms with van der Waals surface area (Å²) < 4.78 is 0. The van der Waals surface area contributed by atoms with Gasteiger partial charge >= 0.3 is 0 Å². The van der Waals surface area contributed by atoms with Crippen molar-refractivity contribution in [3.63, 3.8) is 0 Å². The number of hydrogen-bond donors (Lipinski definition) is 1. The Kier molecular flexibility index (Phi) is 5.76. The molecule has 1 atom stereocenters. The van der Waals surface area contributed by atoms with Crippen molar-refractivity contribution in [1.82, 2.24) is 9.80 Å². The number of aliphatic hydroxyl groups is 1. The molecule has 0 bridgehead atoms. The molecule has 0 aromatic heterocycles. The van der Waals surface area contributed by atoms with Gasteiger partial charge in [0.25, 0.3) is 0 Å². The van der Waals surface area contributed by atoms with Crippen LogP contribution >= 0.6 is 0 Å². The maximum Gasteiger partial charge on any atom is 0.223 e. The van der Waals surface area contributed by atoms with E-state index in [9.17, 15) is 4.79 Å². The molecule has 4 nitrogen and oxygen atoms in total. The molecule has 4 heteroatoms. The maximum atomic E-state index is 12.4. The fourth-order valence-electron chi connectivity index (χ4n) is 3.00. The summed E-state index contributed by atoms with van der Waals surface area (Å²) in [7, 11) is 0. The van der Waals surface area contributed by atoms with E-state index in [4.69, 9.17) is 5.11 Å². The van der Waals surface area contributed by atoms with Crippen LogP contribution in [0.3, 0.4) is 0 Å². The Labute approximate surface area is 127 Å². The summed E-state index contributed by atoms with van der Waals surface area (Å²) in [6, 6.07) is 8.29. The maximum absolute atomic E-state index is 12.4. The van der Waals surface area contributed by atoms with Crippen LogP contribution in [0.2, 0.25) is 0 Å². The van der Waals surface area contributed by atoms with Gasteiger partial charge < -0.3 is 10.0 Å². The lowest BCUT2D eigenvalue weighted by Gasteiger charge is -2.35. The molecule has 0 radical (unpaired) electrons. The number of rotatable bonds is 5. The predicted molar refractivity (Wildman–Crippen MR) is 84.3 cm³/mol. The topological polar surface area (TPSA) is 43.8 Å². The quantitative estimate of drug-likeness (QED) is 0.896. The summed E-state index contributed by atoms with van der Waals surface area (Å²) in [5.74, 6) is 0.503. The van der Waals surface area contributed by atoms with Gasteiger partial charge in [-0.25, -0.2) is 0 Å². The summed E-state index contributed by atoms with van der Waals surface area (Å²) in [5.41, 5.74) is 2.52. The zero-order valence-electron chi connectivity index (χ0n) is 13.1. The zero-order chi connectivity index (χ0) is 15.2. The molecule has 1 amide bonds. The summed E-state index contributed by atoms with van der Waals surface area (Å²) in [4.78, 5) is 16.6.